The minimum atomic E-state index is -0.0201. The molecule has 4 heteroatoms. The number of thiophene rings is 1. The summed E-state index contributed by atoms with van der Waals surface area (Å²) in [7, 11) is 0. The van der Waals surface area contributed by atoms with E-state index in [2.05, 4.69) is 28.7 Å². The van der Waals surface area contributed by atoms with E-state index in [4.69, 9.17) is 5.11 Å². The van der Waals surface area contributed by atoms with Crippen LogP contribution in [0.25, 0.3) is 15.8 Å². The van der Waals surface area contributed by atoms with Crippen LogP contribution in [0.3, 0.4) is 0 Å². The van der Waals surface area contributed by atoms with Crippen molar-refractivity contribution in [1.82, 2.24) is 9.78 Å². The average molecular weight is 230 g/mol. The molecule has 0 bridgehead atoms. The Kier molecular flexibility index (Phi) is 2.23. The van der Waals surface area contributed by atoms with Crippen molar-refractivity contribution in [3.63, 3.8) is 0 Å². The van der Waals surface area contributed by atoms with E-state index in [1.165, 1.54) is 10.1 Å². The van der Waals surface area contributed by atoms with Gasteiger partial charge in [-0.2, -0.15) is 5.10 Å². The molecular weight excluding hydrogens is 220 g/mol. The number of fused-ring (bicyclic) bond motifs is 1. The predicted molar refractivity (Wildman–Crippen MR) is 64.9 cm³/mol. The van der Waals surface area contributed by atoms with Crippen LogP contribution < -0.4 is 0 Å². The zero-order chi connectivity index (χ0) is 11.0. The number of hydrogen-bond donors (Lipinski definition) is 1. The first kappa shape index (κ1) is 9.57. The molecule has 3 aromatic rings. The molecule has 16 heavy (non-hydrogen) atoms. The Labute approximate surface area is 96.6 Å². The van der Waals surface area contributed by atoms with Gasteiger partial charge >= 0.3 is 0 Å². The molecule has 0 aliphatic rings. The van der Waals surface area contributed by atoms with Crippen LogP contribution >= 0.6 is 11.3 Å². The van der Waals surface area contributed by atoms with E-state index >= 15 is 0 Å². The summed E-state index contributed by atoms with van der Waals surface area (Å²) in [6.07, 6.45) is 1.86. The second kappa shape index (κ2) is 3.73. The van der Waals surface area contributed by atoms with Gasteiger partial charge in [0.05, 0.1) is 18.0 Å². The average Bonchev–Trinajstić information content (AvgIpc) is 2.96. The monoisotopic (exact) mass is 230 g/mol. The zero-order valence-electron chi connectivity index (χ0n) is 8.50. The molecular formula is C12H10N2OS. The van der Waals surface area contributed by atoms with E-state index in [0.717, 1.165) is 5.69 Å². The Morgan fingerprint density at radius 1 is 1.25 bits per heavy atom. The normalized spacial score (nSPS) is 11.1. The first-order valence-electron chi connectivity index (χ1n) is 5.00. The number of nitrogens with zero attached hydrogens (tertiary/aromatic N) is 2. The summed E-state index contributed by atoms with van der Waals surface area (Å²) in [4.78, 5) is 0. The molecule has 0 unspecified atom stereocenters. The van der Waals surface area contributed by atoms with Crippen LogP contribution in [0.5, 0.6) is 0 Å². The van der Waals surface area contributed by atoms with Crippen LogP contribution in [0, 0.1) is 0 Å². The molecule has 0 aliphatic heterocycles. The predicted octanol–water partition coefficient (Wildman–Crippen LogP) is 2.58. The van der Waals surface area contributed by atoms with E-state index in [1.54, 1.807) is 16.0 Å². The van der Waals surface area contributed by atoms with Gasteiger partial charge in [-0.05, 0) is 41.1 Å². The van der Waals surface area contributed by atoms with Crippen LogP contribution in [-0.4, -0.2) is 14.9 Å². The van der Waals surface area contributed by atoms with Crippen LogP contribution in [0.15, 0.2) is 41.9 Å². The lowest BCUT2D eigenvalue weighted by Crippen LogP contribution is -1.95. The van der Waals surface area contributed by atoms with Gasteiger partial charge in [-0.1, -0.05) is 0 Å². The fourth-order valence-corrected chi connectivity index (χ4v) is 2.46. The molecule has 0 aliphatic carbocycles. The number of aliphatic hydroxyl groups is 1. The second-order valence-electron chi connectivity index (χ2n) is 3.55. The molecule has 0 saturated carbocycles. The van der Waals surface area contributed by atoms with Gasteiger partial charge in [-0.25, -0.2) is 4.68 Å². The van der Waals surface area contributed by atoms with Gasteiger partial charge in [0.25, 0.3) is 0 Å². The highest BCUT2D eigenvalue weighted by Crippen LogP contribution is 2.23. The minimum absolute atomic E-state index is 0.0201. The lowest BCUT2D eigenvalue weighted by Gasteiger charge is -2.01. The van der Waals surface area contributed by atoms with Gasteiger partial charge in [-0.15, -0.1) is 11.3 Å². The highest BCUT2D eigenvalue weighted by Gasteiger charge is 2.02. The van der Waals surface area contributed by atoms with Crippen LogP contribution in [0.2, 0.25) is 0 Å². The summed E-state index contributed by atoms with van der Waals surface area (Å²) in [5.41, 5.74) is 1.70. The summed E-state index contributed by atoms with van der Waals surface area (Å²) in [6, 6.07) is 10.1. The second-order valence-corrected chi connectivity index (χ2v) is 4.50. The molecule has 0 amide bonds. The van der Waals surface area contributed by atoms with Crippen molar-refractivity contribution in [3.05, 3.63) is 47.6 Å². The Bertz CT molecular complexity index is 627. The molecule has 1 aromatic carbocycles. The smallest absolute Gasteiger partial charge is 0.0883 e. The molecule has 0 fully saturated rings. The Hall–Kier alpha value is -1.65. The quantitative estimate of drug-likeness (QED) is 0.734. The Morgan fingerprint density at radius 3 is 3.00 bits per heavy atom. The number of hydrogen-bond acceptors (Lipinski definition) is 3. The van der Waals surface area contributed by atoms with E-state index in [1.807, 2.05) is 18.3 Å². The van der Waals surface area contributed by atoms with Crippen molar-refractivity contribution in [2.24, 2.45) is 0 Å². The third kappa shape index (κ3) is 1.52. The maximum absolute atomic E-state index is 8.96. The maximum Gasteiger partial charge on any atom is 0.0883 e. The van der Waals surface area contributed by atoms with Crippen molar-refractivity contribution >= 4 is 21.4 Å². The van der Waals surface area contributed by atoms with E-state index < -0.39 is 0 Å². The highest BCUT2D eigenvalue weighted by molar-refractivity contribution is 7.17. The highest BCUT2D eigenvalue weighted by atomic mass is 32.1. The standard InChI is InChI=1S/C12H10N2OS/c15-8-10-3-5-14(13-10)11-1-2-12-9(7-11)4-6-16-12/h1-7,15H,8H2. The van der Waals surface area contributed by atoms with Crippen molar-refractivity contribution in [2.75, 3.05) is 0 Å². The third-order valence-corrected chi connectivity index (χ3v) is 3.40. The summed E-state index contributed by atoms with van der Waals surface area (Å²) < 4.78 is 3.06. The fraction of sp³-hybridized carbons (Fsp3) is 0.0833. The van der Waals surface area contributed by atoms with E-state index in [-0.39, 0.29) is 6.61 Å². The van der Waals surface area contributed by atoms with Crippen molar-refractivity contribution < 1.29 is 5.11 Å². The SMILES string of the molecule is OCc1ccn(-c2ccc3sccc3c2)n1. The molecule has 0 saturated heterocycles. The summed E-state index contributed by atoms with van der Waals surface area (Å²) in [5.74, 6) is 0. The largest absolute Gasteiger partial charge is 0.390 e. The Morgan fingerprint density at radius 2 is 2.19 bits per heavy atom. The van der Waals surface area contributed by atoms with E-state index in [9.17, 15) is 0 Å². The van der Waals surface area contributed by atoms with Gasteiger partial charge in [0.15, 0.2) is 0 Å². The molecule has 2 aromatic heterocycles. The third-order valence-electron chi connectivity index (χ3n) is 2.51. The van der Waals surface area contributed by atoms with Crippen molar-refractivity contribution in [2.45, 2.75) is 6.61 Å². The van der Waals surface area contributed by atoms with Crippen LogP contribution in [0.1, 0.15) is 5.69 Å². The summed E-state index contributed by atoms with van der Waals surface area (Å²) >= 11 is 1.73. The Balaban J connectivity index is 2.10. The number of aliphatic hydroxyl groups excluding tert-OH is 1. The minimum Gasteiger partial charge on any atom is -0.390 e. The molecule has 2 heterocycles. The first-order chi connectivity index (χ1) is 7.86. The fourth-order valence-electron chi connectivity index (χ4n) is 1.69. The van der Waals surface area contributed by atoms with Gasteiger partial charge in [-0.3, -0.25) is 0 Å². The molecule has 1 N–H and O–H groups in total. The number of aromatic nitrogens is 2. The molecule has 3 rings (SSSR count). The maximum atomic E-state index is 8.96. The van der Waals surface area contributed by atoms with E-state index in [0.29, 0.717) is 5.69 Å². The lowest BCUT2D eigenvalue weighted by atomic mass is 10.2. The summed E-state index contributed by atoms with van der Waals surface area (Å²) in [5, 5.41) is 16.5. The number of rotatable bonds is 2. The van der Waals surface area contributed by atoms with Gasteiger partial charge in [0.2, 0.25) is 0 Å². The molecule has 3 nitrogen and oxygen atoms in total. The van der Waals surface area contributed by atoms with Crippen LogP contribution in [0.4, 0.5) is 0 Å². The van der Waals surface area contributed by atoms with Crippen molar-refractivity contribution in [1.29, 1.82) is 0 Å². The number of benzene rings is 1. The molecule has 0 atom stereocenters. The van der Waals surface area contributed by atoms with Gasteiger partial charge in [0.1, 0.15) is 0 Å². The van der Waals surface area contributed by atoms with Crippen molar-refractivity contribution in [3.8, 4) is 5.69 Å². The van der Waals surface area contributed by atoms with Gasteiger partial charge in [0, 0.05) is 10.9 Å². The first-order valence-corrected chi connectivity index (χ1v) is 5.88. The molecule has 0 radical (unpaired) electrons. The lowest BCUT2D eigenvalue weighted by molar-refractivity contribution is 0.276. The summed E-state index contributed by atoms with van der Waals surface area (Å²) in [6.45, 7) is -0.0201. The topological polar surface area (TPSA) is 38.0 Å². The van der Waals surface area contributed by atoms with Gasteiger partial charge < -0.3 is 5.11 Å². The van der Waals surface area contributed by atoms with Crippen LogP contribution in [-0.2, 0) is 6.61 Å². The zero-order valence-corrected chi connectivity index (χ0v) is 9.31. The molecule has 0 spiro atoms. The molecule has 80 valence electrons.